The number of likely N-dealkylation sites (tertiary alicyclic amines) is 1. The van der Waals surface area contributed by atoms with Crippen LogP contribution in [-0.4, -0.2) is 39.5 Å². The van der Waals surface area contributed by atoms with Gasteiger partial charge in [0.2, 0.25) is 5.88 Å². The molecule has 0 bridgehead atoms. The number of carbonyl (C=O) groups excluding carboxylic acids is 1. The summed E-state index contributed by atoms with van der Waals surface area (Å²) in [6, 6.07) is 0.566. The number of fused-ring (bicyclic) bond motifs is 1. The van der Waals surface area contributed by atoms with E-state index in [1.807, 2.05) is 11.8 Å². The van der Waals surface area contributed by atoms with Gasteiger partial charge in [0.1, 0.15) is 11.2 Å². The van der Waals surface area contributed by atoms with Crippen molar-refractivity contribution >= 4 is 27.5 Å². The first-order valence-electron chi connectivity index (χ1n) is 8.13. The van der Waals surface area contributed by atoms with Gasteiger partial charge in [-0.25, -0.2) is 9.97 Å². The van der Waals surface area contributed by atoms with Crippen molar-refractivity contribution in [2.24, 2.45) is 0 Å². The van der Waals surface area contributed by atoms with E-state index in [-0.39, 0.29) is 24.6 Å². The highest BCUT2D eigenvalue weighted by Crippen LogP contribution is 2.33. The van der Waals surface area contributed by atoms with E-state index in [0.717, 1.165) is 28.6 Å². The maximum Gasteiger partial charge on any atom is 0.261 e. The molecule has 2 aromatic rings. The fourth-order valence-corrected chi connectivity index (χ4v) is 4.36. The van der Waals surface area contributed by atoms with Crippen molar-refractivity contribution in [2.45, 2.75) is 59.0 Å². The number of thiophene rings is 1. The minimum absolute atomic E-state index is 0.0368. The molecule has 0 aliphatic carbocycles. The Balaban J connectivity index is 1.77. The second-order valence-corrected chi connectivity index (χ2v) is 7.56. The van der Waals surface area contributed by atoms with Crippen LogP contribution in [0.2, 0.25) is 0 Å². The molecule has 1 aliphatic heterocycles. The van der Waals surface area contributed by atoms with Crippen molar-refractivity contribution in [3.05, 3.63) is 16.8 Å². The summed E-state index contributed by atoms with van der Waals surface area (Å²) >= 11 is 1.63. The third kappa shape index (κ3) is 3.04. The molecule has 0 aromatic carbocycles. The van der Waals surface area contributed by atoms with E-state index in [2.05, 4.69) is 30.7 Å². The first-order chi connectivity index (χ1) is 11.0. The van der Waals surface area contributed by atoms with Gasteiger partial charge in [-0.15, -0.1) is 11.3 Å². The van der Waals surface area contributed by atoms with Crippen LogP contribution in [0, 0.1) is 13.8 Å². The molecule has 5 nitrogen and oxygen atoms in total. The van der Waals surface area contributed by atoms with Crippen molar-refractivity contribution in [2.75, 3.05) is 6.61 Å². The number of rotatable bonds is 3. The SMILES string of the molecule is Cc1sc2ncnc(OCC(=O)N3[C@H](C)CCC[C@@H]3C)c2c1C. The van der Waals surface area contributed by atoms with Gasteiger partial charge in [-0.3, -0.25) is 4.79 Å². The van der Waals surface area contributed by atoms with Crippen molar-refractivity contribution in [3.63, 3.8) is 0 Å². The van der Waals surface area contributed by atoms with Gasteiger partial charge in [0.15, 0.2) is 6.61 Å². The molecule has 2 aromatic heterocycles. The molecule has 0 N–H and O–H groups in total. The lowest BCUT2D eigenvalue weighted by Gasteiger charge is -2.38. The van der Waals surface area contributed by atoms with Gasteiger partial charge in [0.25, 0.3) is 5.91 Å². The van der Waals surface area contributed by atoms with Crippen LogP contribution in [0.3, 0.4) is 0 Å². The van der Waals surface area contributed by atoms with E-state index in [0.29, 0.717) is 5.88 Å². The smallest absolute Gasteiger partial charge is 0.261 e. The van der Waals surface area contributed by atoms with Gasteiger partial charge in [-0.05, 0) is 52.5 Å². The summed E-state index contributed by atoms with van der Waals surface area (Å²) in [6.45, 7) is 8.37. The van der Waals surface area contributed by atoms with Crippen molar-refractivity contribution in [3.8, 4) is 5.88 Å². The predicted molar refractivity (Wildman–Crippen MR) is 92.0 cm³/mol. The zero-order valence-corrected chi connectivity index (χ0v) is 14.9. The Hall–Kier alpha value is -1.69. The Bertz CT molecular complexity index is 718. The molecule has 0 radical (unpaired) electrons. The summed E-state index contributed by atoms with van der Waals surface area (Å²) in [4.78, 5) is 25.2. The van der Waals surface area contributed by atoms with Crippen LogP contribution in [0.5, 0.6) is 5.88 Å². The molecule has 3 rings (SSSR count). The maximum atomic E-state index is 12.6. The minimum atomic E-state index is 0.0368. The van der Waals surface area contributed by atoms with Crippen LogP contribution in [-0.2, 0) is 4.79 Å². The molecular weight excluding hydrogens is 310 g/mol. The lowest BCUT2D eigenvalue weighted by molar-refractivity contribution is -0.139. The average molecular weight is 333 g/mol. The molecule has 1 fully saturated rings. The molecule has 23 heavy (non-hydrogen) atoms. The second kappa shape index (κ2) is 6.43. The molecule has 0 unspecified atom stereocenters. The molecule has 1 saturated heterocycles. The zero-order valence-electron chi connectivity index (χ0n) is 14.1. The van der Waals surface area contributed by atoms with E-state index in [1.54, 1.807) is 11.3 Å². The van der Waals surface area contributed by atoms with Crippen LogP contribution in [0.25, 0.3) is 10.2 Å². The molecule has 3 heterocycles. The fraction of sp³-hybridized carbons (Fsp3) is 0.588. The summed E-state index contributed by atoms with van der Waals surface area (Å²) in [7, 11) is 0. The highest BCUT2D eigenvalue weighted by Gasteiger charge is 2.29. The van der Waals surface area contributed by atoms with Crippen molar-refractivity contribution in [1.29, 1.82) is 0 Å². The first kappa shape index (κ1) is 16.2. The average Bonchev–Trinajstić information content (AvgIpc) is 2.80. The van der Waals surface area contributed by atoms with Crippen molar-refractivity contribution in [1.82, 2.24) is 14.9 Å². The second-order valence-electron chi connectivity index (χ2n) is 6.36. The summed E-state index contributed by atoms with van der Waals surface area (Å²) in [5.41, 5.74) is 1.13. The molecular formula is C17H23N3O2S. The van der Waals surface area contributed by atoms with Gasteiger partial charge < -0.3 is 9.64 Å². The highest BCUT2D eigenvalue weighted by atomic mass is 32.1. The van der Waals surface area contributed by atoms with Crippen LogP contribution in [0.4, 0.5) is 0 Å². The Labute approximate surface area is 140 Å². The lowest BCUT2D eigenvalue weighted by Crippen LogP contribution is -2.49. The number of hydrogen-bond donors (Lipinski definition) is 0. The summed E-state index contributed by atoms with van der Waals surface area (Å²) in [5, 5.41) is 0.933. The van der Waals surface area contributed by atoms with E-state index < -0.39 is 0 Å². The lowest BCUT2D eigenvalue weighted by atomic mass is 9.97. The van der Waals surface area contributed by atoms with E-state index in [1.165, 1.54) is 17.6 Å². The Morgan fingerprint density at radius 3 is 2.70 bits per heavy atom. The van der Waals surface area contributed by atoms with Crippen LogP contribution in [0.15, 0.2) is 6.33 Å². The summed E-state index contributed by atoms with van der Waals surface area (Å²) in [5.74, 6) is 0.559. The topological polar surface area (TPSA) is 55.3 Å². The zero-order chi connectivity index (χ0) is 16.6. The fourth-order valence-electron chi connectivity index (χ4n) is 3.38. The van der Waals surface area contributed by atoms with E-state index >= 15 is 0 Å². The molecule has 0 spiro atoms. The highest BCUT2D eigenvalue weighted by molar-refractivity contribution is 7.18. The molecule has 124 valence electrons. The number of amides is 1. The van der Waals surface area contributed by atoms with Crippen LogP contribution >= 0.6 is 11.3 Å². The van der Waals surface area contributed by atoms with Gasteiger partial charge in [0.05, 0.1) is 5.39 Å². The number of piperidine rings is 1. The third-order valence-electron chi connectivity index (χ3n) is 4.74. The van der Waals surface area contributed by atoms with Gasteiger partial charge >= 0.3 is 0 Å². The Morgan fingerprint density at radius 1 is 1.30 bits per heavy atom. The van der Waals surface area contributed by atoms with E-state index in [9.17, 15) is 4.79 Å². The molecule has 1 aliphatic rings. The van der Waals surface area contributed by atoms with Gasteiger partial charge in [-0.2, -0.15) is 0 Å². The largest absolute Gasteiger partial charge is 0.467 e. The number of ether oxygens (including phenoxy) is 1. The number of aromatic nitrogens is 2. The van der Waals surface area contributed by atoms with Crippen LogP contribution < -0.4 is 4.74 Å². The van der Waals surface area contributed by atoms with Gasteiger partial charge in [0, 0.05) is 17.0 Å². The van der Waals surface area contributed by atoms with Crippen molar-refractivity contribution < 1.29 is 9.53 Å². The Morgan fingerprint density at radius 2 is 2.00 bits per heavy atom. The number of carbonyl (C=O) groups is 1. The van der Waals surface area contributed by atoms with E-state index in [4.69, 9.17) is 4.74 Å². The third-order valence-corrected chi connectivity index (χ3v) is 5.86. The molecule has 2 atom stereocenters. The minimum Gasteiger partial charge on any atom is -0.467 e. The van der Waals surface area contributed by atoms with Gasteiger partial charge in [-0.1, -0.05) is 0 Å². The van der Waals surface area contributed by atoms with Crippen LogP contribution in [0.1, 0.15) is 43.6 Å². The number of aryl methyl sites for hydroxylation is 2. The Kier molecular flexibility index (Phi) is 4.53. The maximum absolute atomic E-state index is 12.6. The first-order valence-corrected chi connectivity index (χ1v) is 8.95. The quantitative estimate of drug-likeness (QED) is 0.863. The predicted octanol–water partition coefficient (Wildman–Crippen LogP) is 3.48. The molecule has 6 heteroatoms. The molecule has 1 amide bonds. The number of nitrogens with zero attached hydrogens (tertiary/aromatic N) is 3. The number of hydrogen-bond acceptors (Lipinski definition) is 5. The normalized spacial score (nSPS) is 21.7. The monoisotopic (exact) mass is 333 g/mol. The molecule has 0 saturated carbocycles. The summed E-state index contributed by atoms with van der Waals surface area (Å²) in [6.07, 6.45) is 4.82. The summed E-state index contributed by atoms with van der Waals surface area (Å²) < 4.78 is 5.79. The standard InChI is InChI=1S/C17H23N3O2S/c1-10-6-5-7-11(2)20(10)14(21)8-22-16-15-12(3)13(4)23-17(15)19-9-18-16/h9-11H,5-8H2,1-4H3/t10-,11+.